The lowest BCUT2D eigenvalue weighted by molar-refractivity contribution is 0.689. The van der Waals surface area contributed by atoms with Gasteiger partial charge in [-0.05, 0) is 0 Å². The molecule has 0 aliphatic heterocycles. The van der Waals surface area contributed by atoms with Crippen LogP contribution in [-0.4, -0.2) is 15.2 Å². The molecular formula is C12H27AlI. The highest BCUT2D eigenvalue weighted by molar-refractivity contribution is 14.0. The van der Waals surface area contributed by atoms with Gasteiger partial charge in [0, 0.05) is 0 Å². The number of halogens is 1. The highest BCUT2D eigenvalue weighted by Crippen LogP contribution is 2.06. The summed E-state index contributed by atoms with van der Waals surface area (Å²) in [5, 5.41) is 3.12. The highest BCUT2D eigenvalue weighted by Gasteiger charge is 1.93. The molecule has 0 aliphatic carbocycles. The molecule has 0 fully saturated rings. The molecule has 0 aromatic carbocycles. The summed E-state index contributed by atoms with van der Waals surface area (Å²) in [6, 6.07) is 0. The summed E-state index contributed by atoms with van der Waals surface area (Å²) >= 11 is 0.805. The van der Waals surface area contributed by atoms with Crippen molar-refractivity contribution in [2.24, 2.45) is 0 Å². The van der Waals surface area contributed by atoms with Crippen LogP contribution in [0.25, 0.3) is 0 Å². The second-order valence-electron chi connectivity index (χ2n) is 3.99. The van der Waals surface area contributed by atoms with Gasteiger partial charge in [0.1, 0.15) is 0 Å². The molecule has 0 N–H and O–H groups in total. The third-order valence-corrected chi connectivity index (χ3v) is 4.16. The molecule has 0 saturated heterocycles. The van der Waals surface area contributed by atoms with Crippen molar-refractivity contribution in [1.82, 2.24) is 0 Å². The van der Waals surface area contributed by atoms with Gasteiger partial charge in [0.25, 0.3) is 0 Å². The fourth-order valence-corrected chi connectivity index (χ4v) is 3.02. The predicted octanol–water partition coefficient (Wildman–Crippen LogP) is 5.31. The van der Waals surface area contributed by atoms with Gasteiger partial charge >= 0.3 is 0 Å². The Morgan fingerprint density at radius 3 is 1.43 bits per heavy atom. The van der Waals surface area contributed by atoms with Crippen molar-refractivity contribution < 1.29 is 0 Å². The summed E-state index contributed by atoms with van der Waals surface area (Å²) in [7, 11) is 0. The van der Waals surface area contributed by atoms with Gasteiger partial charge in [-0.25, -0.2) is 0 Å². The first-order valence-electron chi connectivity index (χ1n) is 6.23. The molecule has 0 aromatic heterocycles. The molecule has 0 heterocycles. The Kier molecular flexibility index (Phi) is 21.0. The molecule has 0 rings (SSSR count). The molecule has 0 saturated carbocycles. The second-order valence-corrected chi connectivity index (χ2v) is 5.72. The summed E-state index contributed by atoms with van der Waals surface area (Å²) in [4.78, 5) is 0. The highest BCUT2D eigenvalue weighted by atomic mass is 127. The number of rotatable bonds is 10. The Bertz CT molecular complexity index is 76.4. The Labute approximate surface area is 114 Å². The summed E-state index contributed by atoms with van der Waals surface area (Å²) in [6.07, 6.45) is 11.7. The van der Waals surface area contributed by atoms with Crippen LogP contribution in [-0.2, 0) is 0 Å². The summed E-state index contributed by atoms with van der Waals surface area (Å²) < 4.78 is 0. The van der Waals surface area contributed by atoms with Crippen LogP contribution in [0.5, 0.6) is 0 Å². The van der Waals surface area contributed by atoms with Gasteiger partial charge in [-0.15, -0.1) is 34.5 Å². The quantitative estimate of drug-likeness (QED) is 0.290. The lowest BCUT2D eigenvalue weighted by Gasteiger charge is -1.99. The van der Waals surface area contributed by atoms with E-state index in [1.54, 1.807) is 10.6 Å². The summed E-state index contributed by atoms with van der Waals surface area (Å²) in [5.41, 5.74) is 0. The molecule has 14 heavy (non-hydrogen) atoms. The molecule has 0 nitrogen and oxygen atoms in total. The summed E-state index contributed by atoms with van der Waals surface area (Å²) in [6.45, 7) is 4.58. The van der Waals surface area contributed by atoms with E-state index in [2.05, 4.69) is 13.8 Å². The first kappa shape index (κ1) is 17.7. The third-order valence-electron chi connectivity index (χ3n) is 2.52. The van der Waals surface area contributed by atoms with Crippen molar-refractivity contribution in [3.05, 3.63) is 0 Å². The van der Waals surface area contributed by atoms with Crippen LogP contribution < -0.4 is 0 Å². The maximum absolute atomic E-state index is 2.29. The number of hydrogen-bond donors (Lipinski definition) is 0. The van der Waals surface area contributed by atoms with E-state index in [-0.39, 0.29) is 24.0 Å². The zero-order valence-corrected chi connectivity index (χ0v) is 13.5. The minimum atomic E-state index is 0. The number of hydrogen-bond acceptors (Lipinski definition) is 0. The largest absolute Gasteiger partial charge is 0.199 e. The number of unbranched alkanes of at least 4 members (excludes halogenated alkanes) is 6. The fourth-order valence-electron chi connectivity index (χ4n) is 1.58. The monoisotopic (exact) mass is 325 g/mol. The maximum atomic E-state index is 2.29. The van der Waals surface area contributed by atoms with Crippen LogP contribution >= 0.6 is 24.0 Å². The lowest BCUT2D eigenvalue weighted by atomic mass is 10.2. The molecule has 85 valence electrons. The van der Waals surface area contributed by atoms with Gasteiger partial charge in [-0.3, -0.25) is 0 Å². The Morgan fingerprint density at radius 1 is 0.643 bits per heavy atom. The molecule has 0 aromatic rings. The van der Waals surface area contributed by atoms with Crippen LogP contribution in [0.15, 0.2) is 0 Å². The minimum Gasteiger partial charge on any atom is -0.107 e. The smallest absolute Gasteiger partial charge is 0.107 e. The van der Waals surface area contributed by atoms with Crippen LogP contribution in [0.1, 0.15) is 65.2 Å². The van der Waals surface area contributed by atoms with Crippen LogP contribution in [0.4, 0.5) is 0 Å². The molecule has 0 spiro atoms. The Hall–Kier alpha value is 1.26. The van der Waals surface area contributed by atoms with Crippen molar-refractivity contribution in [2.75, 3.05) is 0 Å². The van der Waals surface area contributed by atoms with Crippen LogP contribution in [0.2, 0.25) is 10.6 Å². The van der Waals surface area contributed by atoms with Gasteiger partial charge in [0.2, 0.25) is 0 Å². The third kappa shape index (κ3) is 15.7. The molecule has 0 unspecified atom stereocenters. The first-order chi connectivity index (χ1) is 6.41. The van der Waals surface area contributed by atoms with Crippen LogP contribution in [0, 0.1) is 0 Å². The molecular weight excluding hydrogens is 298 g/mol. The van der Waals surface area contributed by atoms with E-state index in [1.807, 2.05) is 0 Å². The van der Waals surface area contributed by atoms with E-state index in [4.69, 9.17) is 0 Å². The van der Waals surface area contributed by atoms with E-state index in [0.717, 1.165) is 15.2 Å². The topological polar surface area (TPSA) is 0 Å². The van der Waals surface area contributed by atoms with Crippen molar-refractivity contribution in [1.29, 1.82) is 0 Å². The molecule has 0 amide bonds. The van der Waals surface area contributed by atoms with Crippen molar-refractivity contribution >= 4 is 39.2 Å². The van der Waals surface area contributed by atoms with Crippen molar-refractivity contribution in [3.8, 4) is 0 Å². The van der Waals surface area contributed by atoms with Gasteiger partial charge in [0.05, 0.1) is 0 Å². The second kappa shape index (κ2) is 16.7. The zero-order valence-electron chi connectivity index (χ0n) is 10.1. The molecule has 0 aliphatic rings. The Morgan fingerprint density at radius 2 is 1.07 bits per heavy atom. The molecule has 1 radical (unpaired) electrons. The zero-order chi connectivity index (χ0) is 9.78. The van der Waals surface area contributed by atoms with E-state index in [0.29, 0.717) is 0 Å². The van der Waals surface area contributed by atoms with E-state index >= 15 is 0 Å². The summed E-state index contributed by atoms with van der Waals surface area (Å²) in [5.74, 6) is 0. The fraction of sp³-hybridized carbons (Fsp3) is 1.00. The average Bonchev–Trinajstić information content (AvgIpc) is 2.16. The predicted molar refractivity (Wildman–Crippen MR) is 79.1 cm³/mol. The molecule has 0 bridgehead atoms. The van der Waals surface area contributed by atoms with Gasteiger partial charge in [0.15, 0.2) is 15.2 Å². The van der Waals surface area contributed by atoms with Crippen molar-refractivity contribution in [2.45, 2.75) is 75.8 Å². The van der Waals surface area contributed by atoms with Gasteiger partial charge < -0.3 is 0 Å². The minimum absolute atomic E-state index is 0. The van der Waals surface area contributed by atoms with Crippen LogP contribution in [0.3, 0.4) is 0 Å². The standard InChI is InChI=1S/2C6H13.Al.HI/c2*1-3-5-6-4-2;;/h2*1,3-6H2,2H3;;1H. The molecule has 0 atom stereocenters. The molecule has 2 heteroatoms. The average molecular weight is 325 g/mol. The van der Waals surface area contributed by atoms with E-state index in [1.165, 1.54) is 51.4 Å². The maximum Gasteiger partial charge on any atom is 0.199 e. The van der Waals surface area contributed by atoms with Gasteiger partial charge in [-0.1, -0.05) is 65.2 Å². The van der Waals surface area contributed by atoms with Crippen molar-refractivity contribution in [3.63, 3.8) is 0 Å². The normalized spacial score (nSPS) is 9.57. The van der Waals surface area contributed by atoms with E-state index in [9.17, 15) is 0 Å². The lowest BCUT2D eigenvalue weighted by Crippen LogP contribution is -1.89. The van der Waals surface area contributed by atoms with Gasteiger partial charge in [-0.2, -0.15) is 0 Å². The van der Waals surface area contributed by atoms with E-state index < -0.39 is 0 Å². The first-order valence-corrected chi connectivity index (χ1v) is 7.86. The Balaban J connectivity index is 0. The SMILES string of the molecule is CCCCC[CH2][Al][CH2]CCCCC.I.